The summed E-state index contributed by atoms with van der Waals surface area (Å²) in [7, 11) is 0. The molecule has 0 saturated carbocycles. The summed E-state index contributed by atoms with van der Waals surface area (Å²) in [5.41, 5.74) is -3.92. The lowest BCUT2D eigenvalue weighted by Gasteiger charge is -2.28. The van der Waals surface area contributed by atoms with Gasteiger partial charge in [0.15, 0.2) is 0 Å². The van der Waals surface area contributed by atoms with Gasteiger partial charge in [0.1, 0.15) is 0 Å². The van der Waals surface area contributed by atoms with Crippen molar-refractivity contribution in [3.63, 3.8) is 0 Å². The number of alkyl halides is 14. The van der Waals surface area contributed by atoms with Gasteiger partial charge in [-0.2, -0.15) is 52.7 Å². The molecule has 132 valence electrons. The summed E-state index contributed by atoms with van der Waals surface area (Å²) in [5, 5.41) is 0. The maximum absolute atomic E-state index is 12.6. The molecule has 0 amide bonds. The van der Waals surface area contributed by atoms with Crippen molar-refractivity contribution in [2.75, 3.05) is 0 Å². The summed E-state index contributed by atoms with van der Waals surface area (Å²) in [4.78, 5) is 0. The smallest absolute Gasteiger partial charge is 0.205 e. The first-order valence-electron chi connectivity index (χ1n) is 4.57. The van der Waals surface area contributed by atoms with E-state index < -0.39 is 48.2 Å². The Hall–Kier alpha value is -1.24. The number of rotatable bonds is 4. The Labute approximate surface area is 111 Å². The highest BCUT2D eigenvalue weighted by molar-refractivity contribution is 5.23. The summed E-state index contributed by atoms with van der Waals surface area (Å²) in [5.74, 6) is -20.7. The predicted octanol–water partition coefficient (Wildman–Crippen LogP) is 5.21. The van der Waals surface area contributed by atoms with Crippen LogP contribution in [0.25, 0.3) is 0 Å². The van der Waals surface area contributed by atoms with Gasteiger partial charge in [-0.15, -0.1) is 0 Å². The van der Waals surface area contributed by atoms with Gasteiger partial charge in [0.25, 0.3) is 6.43 Å². The zero-order chi connectivity index (χ0) is 18.4. The molecule has 14 heteroatoms. The third-order valence-electron chi connectivity index (χ3n) is 2.07. The molecule has 0 unspecified atom stereocenters. The summed E-state index contributed by atoms with van der Waals surface area (Å²) in [6.07, 6.45) is -21.5. The monoisotopic (exact) mass is 364 g/mol. The Kier molecular flexibility index (Phi) is 5.13. The van der Waals surface area contributed by atoms with Crippen LogP contribution >= 0.6 is 0 Å². The molecule has 0 nitrogen and oxygen atoms in total. The third-order valence-corrected chi connectivity index (χ3v) is 2.07. The molecule has 0 spiro atoms. The van der Waals surface area contributed by atoms with E-state index in [1.165, 1.54) is 0 Å². The van der Waals surface area contributed by atoms with Crippen LogP contribution in [0.3, 0.4) is 0 Å². The minimum absolute atomic E-state index is 2.42. The van der Waals surface area contributed by atoms with E-state index >= 15 is 0 Å². The lowest BCUT2D eigenvalue weighted by Crippen LogP contribution is -2.52. The van der Waals surface area contributed by atoms with Gasteiger partial charge in [-0.3, -0.25) is 0 Å². The lowest BCUT2D eigenvalue weighted by atomic mass is 10.0. The van der Waals surface area contributed by atoms with E-state index in [2.05, 4.69) is 0 Å². The molecule has 0 aliphatic carbocycles. The summed E-state index contributed by atoms with van der Waals surface area (Å²) >= 11 is 0. The van der Waals surface area contributed by atoms with Crippen molar-refractivity contribution in [3.8, 4) is 0 Å². The molecule has 0 rings (SSSR count). The van der Waals surface area contributed by atoms with Crippen molar-refractivity contribution >= 4 is 0 Å². The maximum atomic E-state index is 12.6. The van der Waals surface area contributed by atoms with E-state index in [-0.39, 0.29) is 0 Å². The van der Waals surface area contributed by atoms with Crippen LogP contribution in [0, 0.1) is 0 Å². The van der Waals surface area contributed by atoms with E-state index in [1.54, 1.807) is 0 Å². The molecular weight excluding hydrogens is 362 g/mol. The first kappa shape index (κ1) is 20.8. The Morgan fingerprint density at radius 3 is 1.23 bits per heavy atom. The summed E-state index contributed by atoms with van der Waals surface area (Å²) in [6.45, 7) is 0. The van der Waals surface area contributed by atoms with Crippen LogP contribution in [0.5, 0.6) is 0 Å². The molecular formula is C8H2F14. The highest BCUT2D eigenvalue weighted by Crippen LogP contribution is 2.50. The number of hydrogen-bond acceptors (Lipinski definition) is 0. The Balaban J connectivity index is 6.18. The predicted molar refractivity (Wildman–Crippen MR) is 41.0 cm³/mol. The largest absolute Gasteiger partial charge is 0.460 e. The second kappa shape index (κ2) is 5.44. The molecule has 0 bridgehead atoms. The molecule has 0 aliphatic rings. The second-order valence-electron chi connectivity index (χ2n) is 3.67. The third kappa shape index (κ3) is 3.56. The number of halogens is 14. The van der Waals surface area contributed by atoms with Crippen molar-refractivity contribution in [1.29, 1.82) is 0 Å². The Bertz CT molecular complexity index is 421. The van der Waals surface area contributed by atoms with Crippen molar-refractivity contribution < 1.29 is 61.5 Å². The molecule has 0 aliphatic heterocycles. The van der Waals surface area contributed by atoms with Crippen LogP contribution in [0.4, 0.5) is 61.5 Å². The molecule has 0 aromatic heterocycles. The normalized spacial score (nSPS) is 16.4. The maximum Gasteiger partial charge on any atom is 0.460 e. The zero-order valence-electron chi connectivity index (χ0n) is 9.45. The van der Waals surface area contributed by atoms with Crippen molar-refractivity contribution in [3.05, 3.63) is 11.6 Å². The number of hydrogen-bond donors (Lipinski definition) is 0. The van der Waals surface area contributed by atoms with Gasteiger partial charge in [0, 0.05) is 6.08 Å². The van der Waals surface area contributed by atoms with E-state index in [0.29, 0.717) is 0 Å². The topological polar surface area (TPSA) is 0 Å². The summed E-state index contributed by atoms with van der Waals surface area (Å²) in [6, 6.07) is 0. The van der Waals surface area contributed by atoms with Crippen molar-refractivity contribution in [1.82, 2.24) is 0 Å². The fourth-order valence-electron chi connectivity index (χ4n) is 0.929. The van der Waals surface area contributed by atoms with E-state index in [1.807, 2.05) is 0 Å². The van der Waals surface area contributed by atoms with Gasteiger partial charge in [-0.05, 0) is 0 Å². The minimum Gasteiger partial charge on any atom is -0.205 e. The van der Waals surface area contributed by atoms with Crippen LogP contribution in [-0.4, -0.2) is 36.5 Å². The van der Waals surface area contributed by atoms with Crippen LogP contribution < -0.4 is 0 Å². The van der Waals surface area contributed by atoms with Crippen molar-refractivity contribution in [2.24, 2.45) is 0 Å². The number of allylic oxidation sites excluding steroid dienone is 2. The van der Waals surface area contributed by atoms with Gasteiger partial charge in [0.2, 0.25) is 0 Å². The Morgan fingerprint density at radius 2 is 1.00 bits per heavy atom. The molecule has 0 aromatic rings. The molecule has 22 heavy (non-hydrogen) atoms. The van der Waals surface area contributed by atoms with Gasteiger partial charge in [-0.1, -0.05) is 0 Å². The minimum atomic E-state index is -7.15. The first-order valence-corrected chi connectivity index (χ1v) is 4.57. The van der Waals surface area contributed by atoms with Crippen LogP contribution in [0.15, 0.2) is 11.6 Å². The van der Waals surface area contributed by atoms with E-state index in [0.717, 1.165) is 0 Å². The molecule has 0 heterocycles. The second-order valence-corrected chi connectivity index (χ2v) is 3.67. The lowest BCUT2D eigenvalue weighted by molar-refractivity contribution is -0.342. The van der Waals surface area contributed by atoms with Crippen molar-refractivity contribution in [2.45, 2.75) is 36.5 Å². The highest BCUT2D eigenvalue weighted by Gasteiger charge is 2.73. The SMILES string of the molecule is FC(F)/C(=C\C(F)(F)C(F)(F)C(F)(F)F)C(F)(F)C(F)(F)F. The van der Waals surface area contributed by atoms with Gasteiger partial charge < -0.3 is 0 Å². The summed E-state index contributed by atoms with van der Waals surface area (Å²) < 4.78 is 169. The van der Waals surface area contributed by atoms with Gasteiger partial charge in [-0.25, -0.2) is 8.78 Å². The molecule has 0 fully saturated rings. The van der Waals surface area contributed by atoms with E-state index in [4.69, 9.17) is 0 Å². The molecule has 0 radical (unpaired) electrons. The zero-order valence-corrected chi connectivity index (χ0v) is 9.45. The standard InChI is InChI=1S/C8H2F14/c9-3(10)2(5(13,14)7(17,18)19)1-4(11,12)6(15,16)8(20,21)22/h1,3H/b2-1+. The molecule has 0 aromatic carbocycles. The molecule has 0 N–H and O–H groups in total. The fourth-order valence-corrected chi connectivity index (χ4v) is 0.929. The fraction of sp³-hybridized carbons (Fsp3) is 0.750. The highest BCUT2D eigenvalue weighted by atomic mass is 19.4. The average molecular weight is 364 g/mol. The van der Waals surface area contributed by atoms with Crippen LogP contribution in [0.1, 0.15) is 0 Å². The van der Waals surface area contributed by atoms with Crippen LogP contribution in [0.2, 0.25) is 0 Å². The average Bonchev–Trinajstić information content (AvgIpc) is 2.21. The molecule has 0 atom stereocenters. The van der Waals surface area contributed by atoms with Gasteiger partial charge >= 0.3 is 30.1 Å². The molecule has 0 saturated heterocycles. The quantitative estimate of drug-likeness (QED) is 0.475. The van der Waals surface area contributed by atoms with E-state index in [9.17, 15) is 61.5 Å². The Morgan fingerprint density at radius 1 is 0.636 bits per heavy atom. The van der Waals surface area contributed by atoms with Gasteiger partial charge in [0.05, 0.1) is 5.57 Å². The van der Waals surface area contributed by atoms with Crippen LogP contribution in [-0.2, 0) is 0 Å². The first-order chi connectivity index (χ1) is 9.29.